The van der Waals surface area contributed by atoms with E-state index in [9.17, 15) is 4.79 Å². The molecule has 1 amide bonds. The van der Waals surface area contributed by atoms with Gasteiger partial charge in [0.2, 0.25) is 0 Å². The fraction of sp³-hybridized carbons (Fsp3) is 0.222. The lowest BCUT2D eigenvalue weighted by Gasteiger charge is -2.14. The molecule has 0 aliphatic carbocycles. The zero-order valence-corrected chi connectivity index (χ0v) is 15.3. The van der Waals surface area contributed by atoms with E-state index < -0.39 is 0 Å². The van der Waals surface area contributed by atoms with E-state index in [2.05, 4.69) is 10.4 Å². The Balaban J connectivity index is 2.02. The highest BCUT2D eigenvalue weighted by atomic mass is 35.5. The second-order valence-electron chi connectivity index (χ2n) is 5.73. The Hall–Kier alpha value is -2.73. The molecule has 1 N–H and O–H groups in total. The van der Waals surface area contributed by atoms with Gasteiger partial charge in [0, 0.05) is 18.4 Å². The molecular formula is C18H19ClN4O2. The molecular weight excluding hydrogens is 340 g/mol. The van der Waals surface area contributed by atoms with Crippen molar-refractivity contribution >= 4 is 23.2 Å². The molecule has 0 bridgehead atoms. The number of methoxy groups -OCH3 is 1. The number of rotatable bonds is 4. The number of hydrogen-bond donors (Lipinski definition) is 1. The summed E-state index contributed by atoms with van der Waals surface area (Å²) in [4.78, 5) is 12.9. The number of halogens is 1. The van der Waals surface area contributed by atoms with Crippen molar-refractivity contribution in [3.63, 3.8) is 0 Å². The standard InChI is InChI=1S/C18H19ClN4O2/c1-11-8-9-12(2)23(11)18-13(10-20-22(18)3)17(24)21-15-7-5-6-14(19)16(15)25-4/h5-10H,1-4H3,(H,21,24). The minimum Gasteiger partial charge on any atom is -0.493 e. The summed E-state index contributed by atoms with van der Waals surface area (Å²) < 4.78 is 8.97. The molecule has 0 saturated carbocycles. The molecule has 2 aromatic heterocycles. The van der Waals surface area contributed by atoms with Gasteiger partial charge in [-0.15, -0.1) is 0 Å². The SMILES string of the molecule is COc1c(Cl)cccc1NC(=O)c1cnn(C)c1-n1c(C)ccc1C. The first-order valence-electron chi connectivity index (χ1n) is 7.75. The van der Waals surface area contributed by atoms with Gasteiger partial charge in [-0.2, -0.15) is 5.10 Å². The van der Waals surface area contributed by atoms with E-state index in [-0.39, 0.29) is 5.91 Å². The zero-order valence-electron chi connectivity index (χ0n) is 14.5. The van der Waals surface area contributed by atoms with E-state index in [1.54, 1.807) is 29.1 Å². The van der Waals surface area contributed by atoms with Crippen molar-refractivity contribution in [1.29, 1.82) is 0 Å². The summed E-state index contributed by atoms with van der Waals surface area (Å²) in [5.41, 5.74) is 3.02. The van der Waals surface area contributed by atoms with Gasteiger partial charge in [-0.05, 0) is 38.1 Å². The highest BCUT2D eigenvalue weighted by Gasteiger charge is 2.21. The number of nitrogens with zero attached hydrogens (tertiary/aromatic N) is 3. The molecule has 3 rings (SSSR count). The van der Waals surface area contributed by atoms with Crippen molar-refractivity contribution in [2.45, 2.75) is 13.8 Å². The normalized spacial score (nSPS) is 10.8. The van der Waals surface area contributed by atoms with Gasteiger partial charge in [0.25, 0.3) is 5.91 Å². The maximum atomic E-state index is 12.9. The summed E-state index contributed by atoms with van der Waals surface area (Å²) in [6.07, 6.45) is 1.56. The second kappa shape index (κ2) is 6.64. The van der Waals surface area contributed by atoms with Crippen LogP contribution in [0.15, 0.2) is 36.5 Å². The third-order valence-electron chi connectivity index (χ3n) is 4.05. The van der Waals surface area contributed by atoms with Crippen LogP contribution in [-0.4, -0.2) is 27.4 Å². The number of carbonyl (C=O) groups is 1. The first-order chi connectivity index (χ1) is 11.9. The molecule has 0 spiro atoms. The number of aromatic nitrogens is 3. The van der Waals surface area contributed by atoms with E-state index >= 15 is 0 Å². The van der Waals surface area contributed by atoms with E-state index in [4.69, 9.17) is 16.3 Å². The van der Waals surface area contributed by atoms with Crippen LogP contribution in [0.1, 0.15) is 21.7 Å². The van der Waals surface area contributed by atoms with E-state index in [0.29, 0.717) is 27.8 Å². The number of carbonyl (C=O) groups excluding carboxylic acids is 1. The van der Waals surface area contributed by atoms with Gasteiger partial charge in [-0.1, -0.05) is 17.7 Å². The molecule has 3 aromatic rings. The number of benzene rings is 1. The average Bonchev–Trinajstić information content (AvgIpc) is 3.10. The van der Waals surface area contributed by atoms with Crippen molar-refractivity contribution in [3.05, 3.63) is 58.5 Å². The molecule has 0 aliphatic heterocycles. The highest BCUT2D eigenvalue weighted by molar-refractivity contribution is 6.32. The average molecular weight is 359 g/mol. The highest BCUT2D eigenvalue weighted by Crippen LogP contribution is 2.33. The molecule has 2 heterocycles. The second-order valence-corrected chi connectivity index (χ2v) is 6.14. The number of anilines is 1. The van der Waals surface area contributed by atoms with Crippen molar-refractivity contribution in [3.8, 4) is 11.6 Å². The maximum Gasteiger partial charge on any atom is 0.261 e. The summed E-state index contributed by atoms with van der Waals surface area (Å²) in [5.74, 6) is 0.853. The number of ether oxygens (including phenoxy) is 1. The molecule has 25 heavy (non-hydrogen) atoms. The number of amides is 1. The Kier molecular flexibility index (Phi) is 4.55. The molecule has 0 fully saturated rings. The third kappa shape index (κ3) is 3.00. The van der Waals surface area contributed by atoms with E-state index in [0.717, 1.165) is 11.4 Å². The lowest BCUT2D eigenvalue weighted by molar-refractivity contribution is 0.102. The lowest BCUT2D eigenvalue weighted by Crippen LogP contribution is -2.17. The summed E-state index contributed by atoms with van der Waals surface area (Å²) in [5, 5.41) is 7.55. The van der Waals surface area contributed by atoms with Gasteiger partial charge in [-0.25, -0.2) is 0 Å². The quantitative estimate of drug-likeness (QED) is 0.772. The zero-order chi connectivity index (χ0) is 18.1. The van der Waals surface area contributed by atoms with Crippen LogP contribution in [-0.2, 0) is 7.05 Å². The van der Waals surface area contributed by atoms with Crippen LogP contribution in [0.3, 0.4) is 0 Å². The Morgan fingerprint density at radius 1 is 1.20 bits per heavy atom. The van der Waals surface area contributed by atoms with Crippen LogP contribution in [0.5, 0.6) is 5.75 Å². The van der Waals surface area contributed by atoms with Gasteiger partial charge in [-0.3, -0.25) is 9.48 Å². The number of aryl methyl sites for hydroxylation is 3. The Morgan fingerprint density at radius 3 is 2.52 bits per heavy atom. The summed E-state index contributed by atoms with van der Waals surface area (Å²) >= 11 is 6.12. The van der Waals surface area contributed by atoms with Crippen LogP contribution in [0.25, 0.3) is 5.82 Å². The molecule has 0 aliphatic rings. The molecule has 0 saturated heterocycles. The molecule has 0 unspecified atom stereocenters. The fourth-order valence-electron chi connectivity index (χ4n) is 2.86. The first kappa shape index (κ1) is 17.1. The maximum absolute atomic E-state index is 12.9. The monoisotopic (exact) mass is 358 g/mol. The largest absolute Gasteiger partial charge is 0.493 e. The number of hydrogen-bond acceptors (Lipinski definition) is 3. The Morgan fingerprint density at radius 2 is 1.88 bits per heavy atom. The molecule has 0 radical (unpaired) electrons. The van der Waals surface area contributed by atoms with E-state index in [1.165, 1.54) is 7.11 Å². The Bertz CT molecular complexity index is 923. The summed E-state index contributed by atoms with van der Waals surface area (Å²) in [6, 6.07) is 9.21. The van der Waals surface area contributed by atoms with Crippen LogP contribution >= 0.6 is 11.6 Å². The van der Waals surface area contributed by atoms with Crippen LogP contribution in [0, 0.1) is 13.8 Å². The minimum atomic E-state index is -0.281. The number of para-hydroxylation sites is 1. The molecule has 1 aromatic carbocycles. The van der Waals surface area contributed by atoms with Crippen molar-refractivity contribution in [1.82, 2.24) is 14.3 Å². The van der Waals surface area contributed by atoms with Crippen LogP contribution < -0.4 is 10.1 Å². The van der Waals surface area contributed by atoms with Gasteiger partial charge in [0.05, 0.1) is 24.0 Å². The predicted molar refractivity (Wildman–Crippen MR) is 98.0 cm³/mol. The predicted octanol–water partition coefficient (Wildman–Crippen LogP) is 3.74. The van der Waals surface area contributed by atoms with Gasteiger partial charge in [0.15, 0.2) is 5.75 Å². The molecule has 7 heteroatoms. The molecule has 6 nitrogen and oxygen atoms in total. The summed E-state index contributed by atoms with van der Waals surface area (Å²) in [6.45, 7) is 3.98. The van der Waals surface area contributed by atoms with E-state index in [1.807, 2.05) is 37.6 Å². The minimum absolute atomic E-state index is 0.281. The fourth-order valence-corrected chi connectivity index (χ4v) is 3.12. The van der Waals surface area contributed by atoms with Crippen molar-refractivity contribution < 1.29 is 9.53 Å². The first-order valence-corrected chi connectivity index (χ1v) is 8.13. The third-order valence-corrected chi connectivity index (χ3v) is 4.35. The summed E-state index contributed by atoms with van der Waals surface area (Å²) in [7, 11) is 3.32. The van der Waals surface area contributed by atoms with Crippen LogP contribution in [0.2, 0.25) is 5.02 Å². The van der Waals surface area contributed by atoms with Crippen molar-refractivity contribution in [2.24, 2.45) is 7.05 Å². The molecule has 130 valence electrons. The van der Waals surface area contributed by atoms with Gasteiger partial charge >= 0.3 is 0 Å². The van der Waals surface area contributed by atoms with Crippen molar-refractivity contribution in [2.75, 3.05) is 12.4 Å². The number of nitrogens with one attached hydrogen (secondary N) is 1. The van der Waals surface area contributed by atoms with Crippen LogP contribution in [0.4, 0.5) is 5.69 Å². The lowest BCUT2D eigenvalue weighted by atomic mass is 10.2. The van der Waals surface area contributed by atoms with Gasteiger partial charge < -0.3 is 14.6 Å². The van der Waals surface area contributed by atoms with Gasteiger partial charge in [0.1, 0.15) is 11.4 Å². The smallest absolute Gasteiger partial charge is 0.261 e. The Labute approximate surface area is 151 Å². The molecule has 0 atom stereocenters. The topological polar surface area (TPSA) is 61.1 Å².